The molecule has 4 nitrogen and oxygen atoms in total. The summed E-state index contributed by atoms with van der Waals surface area (Å²) < 4.78 is 12.3. The number of rotatable bonds is 0. The van der Waals surface area contributed by atoms with Crippen LogP contribution in [0.4, 0.5) is 15.9 Å². The van der Waals surface area contributed by atoms with Gasteiger partial charge < -0.3 is 11.5 Å². The summed E-state index contributed by atoms with van der Waals surface area (Å²) in [7, 11) is 0. The Morgan fingerprint density at radius 3 is 2.40 bits per heavy atom. The van der Waals surface area contributed by atoms with E-state index in [0.29, 0.717) is 5.69 Å². The summed E-state index contributed by atoms with van der Waals surface area (Å²) in [5.74, 6) is -0.00926. The topological polar surface area (TPSA) is 77.8 Å². The predicted molar refractivity (Wildman–Crippen MR) is 35.6 cm³/mol. The Morgan fingerprint density at radius 2 is 1.90 bits per heavy atom. The van der Waals surface area contributed by atoms with E-state index in [9.17, 15) is 4.39 Å². The van der Waals surface area contributed by atoms with E-state index in [1.54, 1.807) is 6.92 Å². The maximum atomic E-state index is 12.3. The average Bonchev–Trinajstić information content (AvgIpc) is 1.82. The number of anilines is 2. The van der Waals surface area contributed by atoms with Crippen molar-refractivity contribution < 1.29 is 4.39 Å². The van der Waals surface area contributed by atoms with Gasteiger partial charge in [-0.15, -0.1) is 0 Å². The minimum atomic E-state index is -0.843. The maximum absolute atomic E-state index is 12.3. The highest BCUT2D eigenvalue weighted by Gasteiger charge is 2.03. The lowest BCUT2D eigenvalue weighted by molar-refractivity contribution is 0.538. The van der Waals surface area contributed by atoms with Gasteiger partial charge in [0.1, 0.15) is 0 Å². The van der Waals surface area contributed by atoms with Gasteiger partial charge in [-0.2, -0.15) is 9.37 Å². The quantitative estimate of drug-likeness (QED) is 0.503. The SMILES string of the molecule is Cc1nc(F)nc(N)c1N. The van der Waals surface area contributed by atoms with Crippen LogP contribution in [0.5, 0.6) is 0 Å². The molecule has 10 heavy (non-hydrogen) atoms. The lowest BCUT2D eigenvalue weighted by atomic mass is 10.4. The van der Waals surface area contributed by atoms with E-state index >= 15 is 0 Å². The molecule has 1 heterocycles. The van der Waals surface area contributed by atoms with Crippen LogP contribution in [0.25, 0.3) is 0 Å². The van der Waals surface area contributed by atoms with Gasteiger partial charge in [-0.1, -0.05) is 0 Å². The molecule has 0 fully saturated rings. The summed E-state index contributed by atoms with van der Waals surface area (Å²) in [5.41, 5.74) is 11.1. The fraction of sp³-hybridized carbons (Fsp3) is 0.200. The second-order valence-electron chi connectivity index (χ2n) is 1.88. The summed E-state index contributed by atoms with van der Waals surface area (Å²) in [4.78, 5) is 6.56. The van der Waals surface area contributed by atoms with Gasteiger partial charge in [-0.3, -0.25) is 0 Å². The van der Waals surface area contributed by atoms with Crippen LogP contribution in [0.1, 0.15) is 5.69 Å². The van der Waals surface area contributed by atoms with Crippen LogP contribution in [0.15, 0.2) is 0 Å². The molecule has 0 saturated heterocycles. The molecule has 5 heteroatoms. The van der Waals surface area contributed by atoms with E-state index in [1.165, 1.54) is 0 Å². The van der Waals surface area contributed by atoms with Crippen LogP contribution in [0, 0.1) is 13.0 Å². The highest BCUT2D eigenvalue weighted by Crippen LogP contribution is 2.13. The van der Waals surface area contributed by atoms with Gasteiger partial charge in [0, 0.05) is 0 Å². The molecule has 0 bridgehead atoms. The van der Waals surface area contributed by atoms with Crippen molar-refractivity contribution in [1.82, 2.24) is 9.97 Å². The molecule has 1 aromatic rings. The zero-order valence-electron chi connectivity index (χ0n) is 5.43. The zero-order chi connectivity index (χ0) is 7.72. The van der Waals surface area contributed by atoms with Crippen LogP contribution in [-0.2, 0) is 0 Å². The Labute approximate surface area is 57.1 Å². The van der Waals surface area contributed by atoms with Crippen LogP contribution >= 0.6 is 0 Å². The second-order valence-corrected chi connectivity index (χ2v) is 1.88. The summed E-state index contributed by atoms with van der Waals surface area (Å²) in [6.45, 7) is 1.57. The standard InChI is InChI=1S/C5H7FN4/c1-2-3(7)4(8)10-5(6)9-2/h7H2,1H3,(H2,8,9,10). The molecule has 0 atom stereocenters. The van der Waals surface area contributed by atoms with E-state index < -0.39 is 6.08 Å². The third kappa shape index (κ3) is 0.975. The van der Waals surface area contributed by atoms with E-state index in [2.05, 4.69) is 9.97 Å². The molecule has 0 unspecified atom stereocenters. The third-order valence-corrected chi connectivity index (χ3v) is 1.14. The molecule has 0 amide bonds. The van der Waals surface area contributed by atoms with Crippen molar-refractivity contribution in [2.45, 2.75) is 6.92 Å². The minimum Gasteiger partial charge on any atom is -0.394 e. The highest BCUT2D eigenvalue weighted by molar-refractivity contribution is 5.59. The first-order valence-corrected chi connectivity index (χ1v) is 2.66. The average molecular weight is 142 g/mol. The van der Waals surface area contributed by atoms with Gasteiger partial charge in [-0.25, -0.2) is 4.98 Å². The van der Waals surface area contributed by atoms with Gasteiger partial charge in [0.25, 0.3) is 0 Å². The Bertz CT molecular complexity index is 237. The molecule has 1 rings (SSSR count). The molecule has 1 aromatic heterocycles. The number of nitrogens with zero attached hydrogens (tertiary/aromatic N) is 2. The predicted octanol–water partition coefficient (Wildman–Crippen LogP) is 0.0885. The van der Waals surface area contributed by atoms with Gasteiger partial charge in [0.15, 0.2) is 5.82 Å². The van der Waals surface area contributed by atoms with Crippen LogP contribution in [-0.4, -0.2) is 9.97 Å². The first kappa shape index (κ1) is 6.73. The second kappa shape index (κ2) is 2.09. The van der Waals surface area contributed by atoms with Crippen LogP contribution in [0.3, 0.4) is 0 Å². The van der Waals surface area contributed by atoms with Crippen LogP contribution in [0.2, 0.25) is 0 Å². The summed E-state index contributed by atoms with van der Waals surface area (Å²) in [6.07, 6.45) is -0.843. The first-order valence-electron chi connectivity index (χ1n) is 2.66. The molecule has 54 valence electrons. The lowest BCUT2D eigenvalue weighted by Crippen LogP contribution is -2.04. The molecular weight excluding hydrogens is 135 g/mol. The van der Waals surface area contributed by atoms with Crippen molar-refractivity contribution in [3.63, 3.8) is 0 Å². The van der Waals surface area contributed by atoms with Crippen molar-refractivity contribution in [2.75, 3.05) is 11.5 Å². The van der Waals surface area contributed by atoms with E-state index in [-0.39, 0.29) is 11.5 Å². The van der Waals surface area contributed by atoms with Crippen molar-refractivity contribution in [3.05, 3.63) is 11.8 Å². The molecular formula is C5H7FN4. The number of aryl methyl sites for hydroxylation is 1. The van der Waals surface area contributed by atoms with Gasteiger partial charge in [0.2, 0.25) is 0 Å². The smallest absolute Gasteiger partial charge is 0.310 e. The number of nitrogen functional groups attached to an aromatic ring is 2. The molecule has 0 spiro atoms. The normalized spacial score (nSPS) is 9.80. The monoisotopic (exact) mass is 142 g/mol. The number of hydrogen-bond donors (Lipinski definition) is 2. The van der Waals surface area contributed by atoms with Crippen LogP contribution < -0.4 is 11.5 Å². The van der Waals surface area contributed by atoms with E-state index in [4.69, 9.17) is 11.5 Å². The third-order valence-electron chi connectivity index (χ3n) is 1.14. The molecule has 0 saturated carbocycles. The fourth-order valence-corrected chi connectivity index (χ4v) is 0.569. The molecule has 0 aliphatic carbocycles. The number of hydrogen-bond acceptors (Lipinski definition) is 4. The van der Waals surface area contributed by atoms with Crippen molar-refractivity contribution in [2.24, 2.45) is 0 Å². The number of halogens is 1. The molecule has 0 aromatic carbocycles. The highest BCUT2D eigenvalue weighted by atomic mass is 19.1. The summed E-state index contributed by atoms with van der Waals surface area (Å²) in [6, 6.07) is 0. The van der Waals surface area contributed by atoms with Crippen molar-refractivity contribution >= 4 is 11.5 Å². The van der Waals surface area contributed by atoms with Crippen molar-refractivity contribution in [1.29, 1.82) is 0 Å². The molecule has 4 N–H and O–H groups in total. The van der Waals surface area contributed by atoms with Gasteiger partial charge >= 0.3 is 6.08 Å². The number of nitrogens with two attached hydrogens (primary N) is 2. The zero-order valence-corrected chi connectivity index (χ0v) is 5.43. The first-order chi connectivity index (χ1) is 4.61. The Kier molecular flexibility index (Phi) is 1.41. The maximum Gasteiger partial charge on any atom is 0.310 e. The lowest BCUT2D eigenvalue weighted by Gasteiger charge is -2.00. The Balaban J connectivity index is 3.31. The largest absolute Gasteiger partial charge is 0.394 e. The van der Waals surface area contributed by atoms with E-state index in [1.807, 2.05) is 0 Å². The van der Waals surface area contributed by atoms with Gasteiger partial charge in [-0.05, 0) is 6.92 Å². The summed E-state index contributed by atoms with van der Waals surface area (Å²) >= 11 is 0. The fourth-order valence-electron chi connectivity index (χ4n) is 0.569. The van der Waals surface area contributed by atoms with E-state index in [0.717, 1.165) is 0 Å². The minimum absolute atomic E-state index is 0.00926. The summed E-state index contributed by atoms with van der Waals surface area (Å²) in [5, 5.41) is 0. The van der Waals surface area contributed by atoms with Gasteiger partial charge in [0.05, 0.1) is 11.4 Å². The molecule has 0 aliphatic rings. The number of aromatic nitrogens is 2. The Hall–Kier alpha value is -1.39. The Morgan fingerprint density at radius 1 is 1.30 bits per heavy atom. The molecule has 0 radical (unpaired) electrons. The van der Waals surface area contributed by atoms with Crippen molar-refractivity contribution in [3.8, 4) is 0 Å². The molecule has 0 aliphatic heterocycles.